The summed E-state index contributed by atoms with van der Waals surface area (Å²) in [4.78, 5) is 12.8. The van der Waals surface area contributed by atoms with Crippen molar-refractivity contribution in [3.63, 3.8) is 0 Å². The molecule has 0 aliphatic carbocycles. The van der Waals surface area contributed by atoms with E-state index in [-0.39, 0.29) is 5.78 Å². The maximum absolute atomic E-state index is 12.8. The van der Waals surface area contributed by atoms with Gasteiger partial charge in [0.25, 0.3) is 0 Å². The number of hydrogen-bond donors (Lipinski definition) is 1. The van der Waals surface area contributed by atoms with Gasteiger partial charge in [0.2, 0.25) is 0 Å². The molecule has 4 heteroatoms. The van der Waals surface area contributed by atoms with Crippen molar-refractivity contribution in [3.8, 4) is 0 Å². The van der Waals surface area contributed by atoms with Gasteiger partial charge in [-0.15, -0.1) is 0 Å². The van der Waals surface area contributed by atoms with Gasteiger partial charge in [-0.2, -0.15) is 0 Å². The van der Waals surface area contributed by atoms with Gasteiger partial charge in [-0.1, -0.05) is 60.7 Å². The molecule has 0 amide bonds. The van der Waals surface area contributed by atoms with E-state index in [1.54, 1.807) is 0 Å². The molecule has 1 aliphatic heterocycles. The SMILES string of the molecule is CC1(C)OB(O)c2cc(CC(=O)c3cccc4ccccc34)ccc21. The minimum Gasteiger partial charge on any atom is -0.423 e. The molecule has 0 aromatic heterocycles. The first-order valence-corrected chi connectivity index (χ1v) is 8.46. The monoisotopic (exact) mass is 330 g/mol. The number of fused-ring (bicyclic) bond motifs is 2. The minimum absolute atomic E-state index is 0.0735. The molecule has 3 nitrogen and oxygen atoms in total. The van der Waals surface area contributed by atoms with E-state index in [1.807, 2.05) is 74.5 Å². The van der Waals surface area contributed by atoms with Gasteiger partial charge in [0.15, 0.2) is 5.78 Å². The molecule has 0 unspecified atom stereocenters. The van der Waals surface area contributed by atoms with Crippen LogP contribution >= 0.6 is 0 Å². The normalized spacial score (nSPS) is 15.4. The van der Waals surface area contributed by atoms with Crippen LogP contribution in [-0.4, -0.2) is 17.9 Å². The Labute approximate surface area is 147 Å². The van der Waals surface area contributed by atoms with Crippen molar-refractivity contribution in [2.24, 2.45) is 0 Å². The third-order valence-corrected chi connectivity index (χ3v) is 4.89. The van der Waals surface area contributed by atoms with Crippen LogP contribution in [0, 0.1) is 0 Å². The third kappa shape index (κ3) is 2.78. The van der Waals surface area contributed by atoms with E-state index in [1.165, 1.54) is 0 Å². The molecule has 0 atom stereocenters. The van der Waals surface area contributed by atoms with E-state index in [4.69, 9.17) is 4.65 Å². The zero-order valence-electron chi connectivity index (χ0n) is 14.3. The second-order valence-corrected chi connectivity index (χ2v) is 7.03. The highest BCUT2D eigenvalue weighted by Crippen LogP contribution is 2.30. The van der Waals surface area contributed by atoms with Crippen LogP contribution in [0.3, 0.4) is 0 Å². The van der Waals surface area contributed by atoms with Crippen LogP contribution in [0.5, 0.6) is 0 Å². The molecule has 4 rings (SSSR count). The summed E-state index contributed by atoms with van der Waals surface area (Å²) in [7, 11) is -0.933. The van der Waals surface area contributed by atoms with Crippen molar-refractivity contribution in [2.75, 3.05) is 0 Å². The lowest BCUT2D eigenvalue weighted by Crippen LogP contribution is -2.29. The van der Waals surface area contributed by atoms with Crippen molar-refractivity contribution in [1.82, 2.24) is 0 Å². The van der Waals surface area contributed by atoms with Gasteiger partial charge in [0, 0.05) is 12.0 Å². The van der Waals surface area contributed by atoms with Crippen LogP contribution in [0.4, 0.5) is 0 Å². The number of benzene rings is 3. The van der Waals surface area contributed by atoms with Gasteiger partial charge in [0.05, 0.1) is 5.60 Å². The van der Waals surface area contributed by atoms with Crippen molar-refractivity contribution in [3.05, 3.63) is 77.4 Å². The number of Topliss-reactive ketones (excluding diaryl/α,β-unsaturated/α-hetero) is 1. The molecule has 0 saturated carbocycles. The highest BCUT2D eigenvalue weighted by Gasteiger charge is 2.40. The van der Waals surface area contributed by atoms with Gasteiger partial charge in [-0.05, 0) is 41.2 Å². The maximum Gasteiger partial charge on any atom is 0.492 e. The van der Waals surface area contributed by atoms with Crippen molar-refractivity contribution < 1.29 is 14.5 Å². The van der Waals surface area contributed by atoms with Crippen LogP contribution in [-0.2, 0) is 16.7 Å². The zero-order chi connectivity index (χ0) is 17.6. The molecule has 0 bridgehead atoms. The molecule has 0 saturated heterocycles. The summed E-state index contributed by atoms with van der Waals surface area (Å²) in [5.74, 6) is 0.0735. The number of ketones is 1. The van der Waals surface area contributed by atoms with E-state index < -0.39 is 12.7 Å². The molecule has 1 heterocycles. The maximum atomic E-state index is 12.8. The largest absolute Gasteiger partial charge is 0.492 e. The molecule has 1 aliphatic rings. The quantitative estimate of drug-likeness (QED) is 0.592. The summed E-state index contributed by atoms with van der Waals surface area (Å²) in [5.41, 5.74) is 2.84. The highest BCUT2D eigenvalue weighted by atomic mass is 16.5. The van der Waals surface area contributed by atoms with E-state index >= 15 is 0 Å². The van der Waals surface area contributed by atoms with Gasteiger partial charge in [-0.3, -0.25) is 4.79 Å². The van der Waals surface area contributed by atoms with Gasteiger partial charge in [-0.25, -0.2) is 0 Å². The number of rotatable bonds is 3. The fraction of sp³-hybridized carbons (Fsp3) is 0.190. The van der Waals surface area contributed by atoms with E-state index in [0.717, 1.165) is 32.9 Å². The molecule has 25 heavy (non-hydrogen) atoms. The molecule has 124 valence electrons. The van der Waals surface area contributed by atoms with Crippen LogP contribution in [0.25, 0.3) is 10.8 Å². The summed E-state index contributed by atoms with van der Waals surface area (Å²) in [6.07, 6.45) is 0.300. The second kappa shape index (κ2) is 5.83. The molecule has 3 aromatic carbocycles. The third-order valence-electron chi connectivity index (χ3n) is 4.89. The minimum atomic E-state index is -0.933. The summed E-state index contributed by atoms with van der Waals surface area (Å²) < 4.78 is 5.59. The molecule has 0 spiro atoms. The Morgan fingerprint density at radius 2 is 1.84 bits per heavy atom. The Balaban J connectivity index is 1.67. The summed E-state index contributed by atoms with van der Waals surface area (Å²) in [5, 5.41) is 12.2. The highest BCUT2D eigenvalue weighted by molar-refractivity contribution is 6.62. The predicted octanol–water partition coefficient (Wildman–Crippen LogP) is 3.22. The Morgan fingerprint density at radius 3 is 2.68 bits per heavy atom. The Kier molecular flexibility index (Phi) is 3.75. The van der Waals surface area contributed by atoms with Crippen molar-refractivity contribution in [1.29, 1.82) is 0 Å². The van der Waals surface area contributed by atoms with Gasteiger partial charge >= 0.3 is 7.12 Å². The fourth-order valence-corrected chi connectivity index (χ4v) is 3.63. The van der Waals surface area contributed by atoms with Crippen molar-refractivity contribution >= 4 is 29.1 Å². The summed E-state index contributed by atoms with van der Waals surface area (Å²) in [6, 6.07) is 19.5. The van der Waals surface area contributed by atoms with Gasteiger partial charge in [0.1, 0.15) is 0 Å². The summed E-state index contributed by atoms with van der Waals surface area (Å²) >= 11 is 0. The van der Waals surface area contributed by atoms with Gasteiger partial charge < -0.3 is 9.68 Å². The van der Waals surface area contributed by atoms with Crippen molar-refractivity contribution in [2.45, 2.75) is 25.9 Å². The Bertz CT molecular complexity index is 973. The predicted molar refractivity (Wildman–Crippen MR) is 100 cm³/mol. The smallest absolute Gasteiger partial charge is 0.423 e. The number of hydrogen-bond acceptors (Lipinski definition) is 3. The Morgan fingerprint density at radius 1 is 1.08 bits per heavy atom. The molecular formula is C21H19BO3. The number of carbonyl (C=O) groups excluding carboxylic acids is 1. The summed E-state index contributed by atoms with van der Waals surface area (Å²) in [6.45, 7) is 3.87. The molecule has 3 aromatic rings. The van der Waals surface area contributed by atoms with Crippen LogP contribution in [0.1, 0.15) is 35.3 Å². The average Bonchev–Trinajstić information content (AvgIpc) is 2.83. The van der Waals surface area contributed by atoms with Crippen LogP contribution in [0.15, 0.2) is 60.7 Å². The first kappa shape index (κ1) is 16.1. The molecular weight excluding hydrogens is 311 g/mol. The zero-order valence-corrected chi connectivity index (χ0v) is 14.3. The molecule has 0 radical (unpaired) electrons. The van der Waals surface area contributed by atoms with E-state index in [2.05, 4.69) is 0 Å². The first-order chi connectivity index (χ1) is 12.0. The average molecular weight is 330 g/mol. The second-order valence-electron chi connectivity index (χ2n) is 7.03. The lowest BCUT2D eigenvalue weighted by molar-refractivity contribution is 0.0992. The Hall–Kier alpha value is -2.43. The standard InChI is InChI=1S/C21H19BO3/c1-21(2)18-11-10-14(12-19(18)22(24)25-21)13-20(23)17-9-5-7-15-6-3-4-8-16(15)17/h3-12,24H,13H2,1-2H3. The lowest BCUT2D eigenvalue weighted by Gasteiger charge is -2.19. The van der Waals surface area contributed by atoms with Crippen LogP contribution in [0.2, 0.25) is 0 Å². The topological polar surface area (TPSA) is 46.5 Å². The molecule has 0 fully saturated rings. The number of carbonyl (C=O) groups is 1. The molecule has 1 N–H and O–H groups in total. The first-order valence-electron chi connectivity index (χ1n) is 8.46. The fourth-order valence-electron chi connectivity index (χ4n) is 3.63. The van der Waals surface area contributed by atoms with E-state index in [0.29, 0.717) is 6.42 Å². The van der Waals surface area contributed by atoms with E-state index in [9.17, 15) is 9.82 Å². The lowest BCUT2D eigenvalue weighted by atomic mass is 9.77. The van der Waals surface area contributed by atoms with Crippen LogP contribution < -0.4 is 5.46 Å².